The highest BCUT2D eigenvalue weighted by Crippen LogP contribution is 2.46. The Hall–Kier alpha value is -4.27. The molecule has 9 heteroatoms. The van der Waals surface area contributed by atoms with Crippen molar-refractivity contribution in [1.82, 2.24) is 9.80 Å². The second-order valence-corrected chi connectivity index (χ2v) is 9.69. The van der Waals surface area contributed by atoms with Gasteiger partial charge in [0.2, 0.25) is 5.91 Å². The lowest BCUT2D eigenvalue weighted by molar-refractivity contribution is -0.134. The third-order valence-corrected chi connectivity index (χ3v) is 7.68. The summed E-state index contributed by atoms with van der Waals surface area (Å²) in [6, 6.07) is 16.7. The highest BCUT2D eigenvalue weighted by atomic mass is 19.1. The largest absolute Gasteiger partial charge is 0.497 e. The van der Waals surface area contributed by atoms with Gasteiger partial charge in [-0.05, 0) is 59.7 Å². The number of carbonyl (C=O) groups excluding carboxylic acids is 2. The summed E-state index contributed by atoms with van der Waals surface area (Å²) in [5.41, 5.74) is 2.78. The molecule has 0 saturated carbocycles. The molecule has 0 radical (unpaired) electrons. The molecule has 1 saturated heterocycles. The molecule has 2 amide bonds. The van der Waals surface area contributed by atoms with Crippen LogP contribution in [0.1, 0.15) is 33.4 Å². The Morgan fingerprint density at radius 1 is 0.846 bits per heavy atom. The number of nitrogens with zero attached hydrogens (tertiary/aromatic N) is 3. The first-order valence-electron chi connectivity index (χ1n) is 12.8. The summed E-state index contributed by atoms with van der Waals surface area (Å²) in [5, 5.41) is 0. The van der Waals surface area contributed by atoms with Gasteiger partial charge >= 0.3 is 0 Å². The molecule has 2 aliphatic rings. The second-order valence-electron chi connectivity index (χ2n) is 9.69. The van der Waals surface area contributed by atoms with Crippen molar-refractivity contribution in [2.24, 2.45) is 0 Å². The van der Waals surface area contributed by atoms with Gasteiger partial charge in [0.1, 0.15) is 11.6 Å². The first kappa shape index (κ1) is 26.3. The molecule has 5 rings (SSSR count). The van der Waals surface area contributed by atoms with Gasteiger partial charge in [-0.1, -0.05) is 12.1 Å². The van der Waals surface area contributed by atoms with E-state index < -0.39 is 12.0 Å². The Balaban J connectivity index is 1.52. The van der Waals surface area contributed by atoms with Crippen LogP contribution in [-0.2, 0) is 4.79 Å². The molecule has 2 aliphatic heterocycles. The molecule has 0 spiro atoms. The first-order chi connectivity index (χ1) is 18.9. The van der Waals surface area contributed by atoms with E-state index in [0.717, 1.165) is 11.3 Å². The summed E-state index contributed by atoms with van der Waals surface area (Å²) in [6.45, 7) is 2.24. The number of methoxy groups -OCH3 is 3. The fourth-order valence-corrected chi connectivity index (χ4v) is 5.57. The predicted octanol–water partition coefficient (Wildman–Crippen LogP) is 4.11. The number of hydrogen-bond acceptors (Lipinski definition) is 6. The zero-order valence-corrected chi connectivity index (χ0v) is 22.5. The van der Waals surface area contributed by atoms with Gasteiger partial charge in [0, 0.05) is 44.5 Å². The summed E-state index contributed by atoms with van der Waals surface area (Å²) in [5.74, 6) is 0.377. The number of fused-ring (bicyclic) bond motifs is 1. The van der Waals surface area contributed by atoms with E-state index >= 15 is 0 Å². The topological polar surface area (TPSA) is 71.5 Å². The summed E-state index contributed by atoms with van der Waals surface area (Å²) >= 11 is 0. The van der Waals surface area contributed by atoms with E-state index in [9.17, 15) is 14.0 Å². The van der Waals surface area contributed by atoms with Gasteiger partial charge in [0.05, 0.1) is 33.3 Å². The van der Waals surface area contributed by atoms with Crippen LogP contribution in [0.5, 0.6) is 17.2 Å². The molecule has 2 heterocycles. The summed E-state index contributed by atoms with van der Waals surface area (Å²) in [4.78, 5) is 33.6. The Morgan fingerprint density at radius 3 is 2.05 bits per heavy atom. The predicted molar refractivity (Wildman–Crippen MR) is 145 cm³/mol. The Bertz CT molecular complexity index is 1350. The molecule has 0 unspecified atom stereocenters. The maximum absolute atomic E-state index is 14.3. The molecule has 2 atom stereocenters. The normalized spacial score (nSPS) is 19.0. The zero-order valence-electron chi connectivity index (χ0n) is 22.5. The third kappa shape index (κ3) is 4.84. The molecule has 8 nitrogen and oxygen atoms in total. The monoisotopic (exact) mass is 533 g/mol. The lowest BCUT2D eigenvalue weighted by Gasteiger charge is -2.43. The molecule has 39 heavy (non-hydrogen) atoms. The average molecular weight is 534 g/mol. The van der Waals surface area contributed by atoms with Crippen LogP contribution < -0.4 is 19.1 Å². The molecule has 3 aromatic rings. The van der Waals surface area contributed by atoms with Crippen LogP contribution in [-0.4, -0.2) is 76.2 Å². The fourth-order valence-electron chi connectivity index (χ4n) is 5.57. The highest BCUT2D eigenvalue weighted by molar-refractivity contribution is 6.02. The molecule has 0 bridgehead atoms. The van der Waals surface area contributed by atoms with E-state index in [1.165, 1.54) is 26.4 Å². The minimum atomic E-state index is -0.659. The van der Waals surface area contributed by atoms with Crippen LogP contribution in [0.3, 0.4) is 0 Å². The molecule has 1 fully saturated rings. The maximum atomic E-state index is 14.3. The van der Waals surface area contributed by atoms with E-state index in [4.69, 9.17) is 14.2 Å². The number of piperazine rings is 1. The molecule has 3 aromatic carbocycles. The van der Waals surface area contributed by atoms with E-state index in [0.29, 0.717) is 54.6 Å². The Labute approximate surface area is 227 Å². The number of ether oxygens (including phenoxy) is 3. The Kier molecular flexibility index (Phi) is 7.32. The maximum Gasteiger partial charge on any atom is 0.254 e. The lowest BCUT2D eigenvalue weighted by atomic mass is 9.78. The van der Waals surface area contributed by atoms with Crippen molar-refractivity contribution in [3.8, 4) is 17.2 Å². The van der Waals surface area contributed by atoms with Crippen molar-refractivity contribution < 1.29 is 28.2 Å². The fraction of sp³-hybridized carbons (Fsp3) is 0.333. The average Bonchev–Trinajstić information content (AvgIpc) is 2.98. The van der Waals surface area contributed by atoms with E-state index in [2.05, 4.69) is 4.90 Å². The molecule has 0 aromatic heterocycles. The third-order valence-electron chi connectivity index (χ3n) is 7.68. The summed E-state index contributed by atoms with van der Waals surface area (Å²) < 4.78 is 29.8. The lowest BCUT2D eigenvalue weighted by Crippen LogP contribution is -2.53. The smallest absolute Gasteiger partial charge is 0.254 e. The number of rotatable bonds is 6. The van der Waals surface area contributed by atoms with E-state index in [-0.39, 0.29) is 17.6 Å². The Morgan fingerprint density at radius 2 is 1.46 bits per heavy atom. The van der Waals surface area contributed by atoms with Crippen LogP contribution in [0.2, 0.25) is 0 Å². The van der Waals surface area contributed by atoms with Crippen molar-refractivity contribution in [3.05, 3.63) is 83.2 Å². The minimum absolute atomic E-state index is 0.0672. The SMILES string of the molecule is COc1ccc([C@H]2[C@H](C(=O)N3CCN(c4ccc(F)cc4)CC3)c3cc(OC)c(OC)cc3C(=O)N2C)cc1. The molecular formula is C30H32FN3O5. The summed E-state index contributed by atoms with van der Waals surface area (Å²) in [6.07, 6.45) is 0. The van der Waals surface area contributed by atoms with Gasteiger partial charge in [-0.25, -0.2) is 4.39 Å². The van der Waals surface area contributed by atoms with Gasteiger partial charge in [-0.3, -0.25) is 9.59 Å². The van der Waals surface area contributed by atoms with Crippen LogP contribution in [0.15, 0.2) is 60.7 Å². The van der Waals surface area contributed by atoms with Gasteiger partial charge in [-0.15, -0.1) is 0 Å². The van der Waals surface area contributed by atoms with Gasteiger partial charge in [-0.2, -0.15) is 0 Å². The van der Waals surface area contributed by atoms with Gasteiger partial charge in [0.25, 0.3) is 5.91 Å². The van der Waals surface area contributed by atoms with Crippen LogP contribution in [0.4, 0.5) is 10.1 Å². The van der Waals surface area contributed by atoms with Crippen molar-refractivity contribution >= 4 is 17.5 Å². The summed E-state index contributed by atoms with van der Waals surface area (Å²) in [7, 11) is 6.38. The number of amides is 2. The van der Waals surface area contributed by atoms with Gasteiger partial charge in [0.15, 0.2) is 11.5 Å². The number of carbonyl (C=O) groups is 2. The zero-order chi connectivity index (χ0) is 27.7. The van der Waals surface area contributed by atoms with Crippen molar-refractivity contribution in [1.29, 1.82) is 0 Å². The first-order valence-corrected chi connectivity index (χ1v) is 12.8. The van der Waals surface area contributed by atoms with Crippen molar-refractivity contribution in [3.63, 3.8) is 0 Å². The van der Waals surface area contributed by atoms with Crippen LogP contribution >= 0.6 is 0 Å². The highest BCUT2D eigenvalue weighted by Gasteiger charge is 2.45. The molecule has 0 N–H and O–H groups in total. The van der Waals surface area contributed by atoms with Gasteiger partial charge < -0.3 is 28.9 Å². The van der Waals surface area contributed by atoms with Crippen molar-refractivity contribution in [2.45, 2.75) is 12.0 Å². The minimum Gasteiger partial charge on any atom is -0.497 e. The van der Waals surface area contributed by atoms with E-state index in [1.807, 2.05) is 29.2 Å². The molecule has 204 valence electrons. The second kappa shape index (κ2) is 10.8. The number of benzene rings is 3. The molecule has 0 aliphatic carbocycles. The van der Waals surface area contributed by atoms with Crippen LogP contribution in [0.25, 0.3) is 0 Å². The van der Waals surface area contributed by atoms with Crippen LogP contribution in [0, 0.1) is 5.82 Å². The van der Waals surface area contributed by atoms with E-state index in [1.54, 1.807) is 43.3 Å². The quantitative estimate of drug-likeness (QED) is 0.475. The number of anilines is 1. The number of likely N-dealkylation sites (N-methyl/N-ethyl adjacent to an activating group) is 1. The number of hydrogen-bond donors (Lipinski definition) is 0. The molecular weight excluding hydrogens is 501 g/mol. The van der Waals surface area contributed by atoms with Crippen molar-refractivity contribution in [2.75, 3.05) is 59.5 Å². The number of halogens is 1. The standard InChI is InChI=1S/C30H32FN3O5/c1-32-28(19-5-11-22(37-2)12-6-19)27(23-17-25(38-3)26(39-4)18-24(23)29(32)35)30(36)34-15-13-33(14-16-34)21-9-7-20(31)8-10-21/h5-12,17-18,27-28H,13-16H2,1-4H3/t27-,28+/m1/s1.